The molecule has 0 saturated carbocycles. The van der Waals surface area contributed by atoms with Gasteiger partial charge in [-0.15, -0.1) is 0 Å². The van der Waals surface area contributed by atoms with E-state index in [0.29, 0.717) is 6.54 Å². The highest BCUT2D eigenvalue weighted by Crippen LogP contribution is 2.28. The van der Waals surface area contributed by atoms with Crippen molar-refractivity contribution in [3.63, 3.8) is 0 Å². The van der Waals surface area contributed by atoms with Gasteiger partial charge in [0.05, 0.1) is 5.60 Å². The van der Waals surface area contributed by atoms with Crippen molar-refractivity contribution in [3.8, 4) is 0 Å². The van der Waals surface area contributed by atoms with Crippen molar-refractivity contribution in [2.75, 3.05) is 17.6 Å². The van der Waals surface area contributed by atoms with Crippen molar-refractivity contribution in [1.82, 2.24) is 0 Å². The highest BCUT2D eigenvalue weighted by atomic mass is 79.9. The minimum absolute atomic E-state index is 0.544. The molecule has 1 aromatic rings. The lowest BCUT2D eigenvalue weighted by Gasteiger charge is -2.26. The average Bonchev–Trinajstić information content (AvgIpc) is 2.32. The first-order chi connectivity index (χ1) is 7.91. The molecular formula is C13H21BrN2O. The van der Waals surface area contributed by atoms with Crippen molar-refractivity contribution < 1.29 is 5.11 Å². The number of nitrogens with two attached hydrogens (primary N) is 1. The molecule has 0 unspecified atom stereocenters. The van der Waals surface area contributed by atoms with Gasteiger partial charge in [0.1, 0.15) is 0 Å². The fourth-order valence-electron chi connectivity index (χ4n) is 1.59. The fraction of sp³-hybridized carbons (Fsp3) is 0.538. The molecule has 0 aliphatic heterocycles. The minimum Gasteiger partial charge on any atom is -0.398 e. The largest absolute Gasteiger partial charge is 0.398 e. The van der Waals surface area contributed by atoms with Crippen LogP contribution in [-0.4, -0.2) is 17.3 Å². The average molecular weight is 301 g/mol. The molecule has 3 nitrogen and oxygen atoms in total. The topological polar surface area (TPSA) is 58.3 Å². The number of hydrogen-bond acceptors (Lipinski definition) is 3. The summed E-state index contributed by atoms with van der Waals surface area (Å²) in [6, 6.07) is 3.87. The standard InChI is InChI=1S/C13H21BrN2O/c1-4-13(17,5-2)8-16-12-6-9(3)11(15)7-10(12)14/h6-7,16-17H,4-5,8,15H2,1-3H3. The van der Waals surface area contributed by atoms with Crippen molar-refractivity contribution in [1.29, 1.82) is 0 Å². The van der Waals surface area contributed by atoms with Gasteiger partial charge in [-0.1, -0.05) is 13.8 Å². The number of halogens is 1. The number of hydrogen-bond donors (Lipinski definition) is 3. The number of nitrogens with one attached hydrogen (secondary N) is 1. The molecule has 0 amide bonds. The second-order valence-electron chi connectivity index (χ2n) is 4.47. The zero-order chi connectivity index (χ0) is 13.1. The van der Waals surface area contributed by atoms with E-state index < -0.39 is 5.60 Å². The van der Waals surface area contributed by atoms with Crippen molar-refractivity contribution in [2.45, 2.75) is 39.2 Å². The van der Waals surface area contributed by atoms with E-state index >= 15 is 0 Å². The van der Waals surface area contributed by atoms with E-state index in [2.05, 4.69) is 21.2 Å². The molecule has 0 heterocycles. The van der Waals surface area contributed by atoms with Crippen LogP contribution in [0.1, 0.15) is 32.3 Å². The maximum Gasteiger partial charge on any atom is 0.0814 e. The lowest BCUT2D eigenvalue weighted by Crippen LogP contribution is -2.35. The molecule has 4 heteroatoms. The minimum atomic E-state index is -0.644. The van der Waals surface area contributed by atoms with Gasteiger partial charge in [-0.2, -0.15) is 0 Å². The Morgan fingerprint density at radius 1 is 1.35 bits per heavy atom. The molecule has 0 spiro atoms. The van der Waals surface area contributed by atoms with Crippen LogP contribution in [0.15, 0.2) is 16.6 Å². The van der Waals surface area contributed by atoms with Crippen LogP contribution in [-0.2, 0) is 0 Å². The highest BCUT2D eigenvalue weighted by Gasteiger charge is 2.21. The second kappa shape index (κ2) is 5.74. The maximum absolute atomic E-state index is 10.2. The molecule has 0 bridgehead atoms. The van der Waals surface area contributed by atoms with Crippen LogP contribution in [0, 0.1) is 6.92 Å². The van der Waals surface area contributed by atoms with Gasteiger partial charge >= 0.3 is 0 Å². The Morgan fingerprint density at radius 3 is 2.47 bits per heavy atom. The maximum atomic E-state index is 10.2. The van der Waals surface area contributed by atoms with Gasteiger partial charge in [-0.05, 0) is 53.4 Å². The highest BCUT2D eigenvalue weighted by molar-refractivity contribution is 9.10. The summed E-state index contributed by atoms with van der Waals surface area (Å²) in [5, 5.41) is 13.5. The third-order valence-corrected chi connectivity index (χ3v) is 3.94. The van der Waals surface area contributed by atoms with Gasteiger partial charge in [-0.3, -0.25) is 0 Å². The van der Waals surface area contributed by atoms with Crippen molar-refractivity contribution in [3.05, 3.63) is 22.2 Å². The number of benzene rings is 1. The Hall–Kier alpha value is -0.740. The summed E-state index contributed by atoms with van der Waals surface area (Å²) in [7, 11) is 0. The van der Waals surface area contributed by atoms with E-state index in [1.165, 1.54) is 0 Å². The number of rotatable bonds is 5. The Balaban J connectivity index is 2.79. The summed E-state index contributed by atoms with van der Waals surface area (Å²) in [5.74, 6) is 0. The molecule has 0 aliphatic carbocycles. The van der Waals surface area contributed by atoms with E-state index in [-0.39, 0.29) is 0 Å². The molecule has 0 fully saturated rings. The zero-order valence-corrected chi connectivity index (χ0v) is 12.3. The lowest BCUT2D eigenvalue weighted by molar-refractivity contribution is 0.0457. The van der Waals surface area contributed by atoms with E-state index in [4.69, 9.17) is 5.73 Å². The van der Waals surface area contributed by atoms with Crippen LogP contribution in [0.3, 0.4) is 0 Å². The van der Waals surface area contributed by atoms with Crippen molar-refractivity contribution >= 4 is 27.3 Å². The number of aryl methyl sites for hydroxylation is 1. The number of nitrogen functional groups attached to an aromatic ring is 1. The lowest BCUT2D eigenvalue weighted by atomic mass is 9.97. The van der Waals surface area contributed by atoms with E-state index in [9.17, 15) is 5.11 Å². The number of aliphatic hydroxyl groups is 1. The Kier molecular flexibility index (Phi) is 4.83. The van der Waals surface area contributed by atoms with Crippen LogP contribution < -0.4 is 11.1 Å². The summed E-state index contributed by atoms with van der Waals surface area (Å²) < 4.78 is 0.926. The normalized spacial score (nSPS) is 11.6. The monoisotopic (exact) mass is 300 g/mol. The van der Waals surface area contributed by atoms with Crippen LogP contribution in [0.4, 0.5) is 11.4 Å². The van der Waals surface area contributed by atoms with Crippen LogP contribution in [0.25, 0.3) is 0 Å². The molecule has 0 atom stereocenters. The fourth-order valence-corrected chi connectivity index (χ4v) is 2.09. The predicted octanol–water partition coefficient (Wildman–Crippen LogP) is 3.30. The molecule has 0 aromatic heterocycles. The second-order valence-corrected chi connectivity index (χ2v) is 5.33. The molecule has 0 aliphatic rings. The summed E-state index contributed by atoms with van der Waals surface area (Å²) in [4.78, 5) is 0. The van der Waals surface area contributed by atoms with Gasteiger partial charge in [-0.25, -0.2) is 0 Å². The van der Waals surface area contributed by atoms with Crippen LogP contribution in [0.5, 0.6) is 0 Å². The van der Waals surface area contributed by atoms with E-state index in [1.807, 2.05) is 32.9 Å². The SMILES string of the molecule is CCC(O)(CC)CNc1cc(C)c(N)cc1Br. The molecule has 1 aromatic carbocycles. The van der Waals surface area contributed by atoms with Gasteiger partial charge in [0.2, 0.25) is 0 Å². The molecule has 4 N–H and O–H groups in total. The van der Waals surface area contributed by atoms with Gasteiger partial charge in [0, 0.05) is 22.4 Å². The molecular weight excluding hydrogens is 280 g/mol. The first kappa shape index (κ1) is 14.3. The summed E-state index contributed by atoms with van der Waals surface area (Å²) in [6.45, 7) is 6.50. The van der Waals surface area contributed by atoms with Gasteiger partial charge in [0.15, 0.2) is 0 Å². The van der Waals surface area contributed by atoms with Crippen LogP contribution in [0.2, 0.25) is 0 Å². The van der Waals surface area contributed by atoms with Gasteiger partial charge in [0.25, 0.3) is 0 Å². The Bertz CT molecular complexity index is 389. The first-order valence-electron chi connectivity index (χ1n) is 5.93. The molecule has 0 saturated heterocycles. The van der Waals surface area contributed by atoms with Crippen molar-refractivity contribution in [2.24, 2.45) is 0 Å². The number of anilines is 2. The summed E-state index contributed by atoms with van der Waals surface area (Å²) in [5.41, 5.74) is 7.94. The Labute approximate surface area is 112 Å². The van der Waals surface area contributed by atoms with E-state index in [0.717, 1.165) is 34.3 Å². The predicted molar refractivity (Wildman–Crippen MR) is 77.3 cm³/mol. The zero-order valence-electron chi connectivity index (χ0n) is 10.7. The van der Waals surface area contributed by atoms with Gasteiger partial charge < -0.3 is 16.2 Å². The van der Waals surface area contributed by atoms with Crippen LogP contribution >= 0.6 is 15.9 Å². The molecule has 96 valence electrons. The summed E-state index contributed by atoms with van der Waals surface area (Å²) >= 11 is 3.47. The third-order valence-electron chi connectivity index (χ3n) is 3.28. The molecule has 0 radical (unpaired) electrons. The van der Waals surface area contributed by atoms with E-state index in [1.54, 1.807) is 0 Å². The summed E-state index contributed by atoms with van der Waals surface area (Å²) in [6.07, 6.45) is 1.48. The Morgan fingerprint density at radius 2 is 1.94 bits per heavy atom. The molecule has 1 rings (SSSR count). The first-order valence-corrected chi connectivity index (χ1v) is 6.73. The molecule has 17 heavy (non-hydrogen) atoms. The quantitative estimate of drug-likeness (QED) is 0.731. The smallest absolute Gasteiger partial charge is 0.0814 e. The third kappa shape index (κ3) is 3.61.